The van der Waals surface area contributed by atoms with E-state index in [4.69, 9.17) is 4.74 Å². The van der Waals surface area contributed by atoms with Gasteiger partial charge in [-0.25, -0.2) is 0 Å². The monoisotopic (exact) mass is 344 g/mol. The van der Waals surface area contributed by atoms with E-state index in [1.807, 2.05) is 51.1 Å². The Balaban J connectivity index is 2.10. The number of aliphatic hydroxyl groups excluding tert-OH is 1. The largest absolute Gasteiger partial charge is 0.508 e. The highest BCUT2D eigenvalue weighted by molar-refractivity contribution is 5.39. The number of aromatic hydroxyl groups is 1. The summed E-state index contributed by atoms with van der Waals surface area (Å²) in [5, 5.41) is 24.6. The summed E-state index contributed by atoms with van der Waals surface area (Å²) in [5.41, 5.74) is 0.949. The summed E-state index contributed by atoms with van der Waals surface area (Å²) in [4.78, 5) is 11.0. The number of β-amino-alcohol motifs (C(OH)–C–C–N with tert-alkyl or cyclic N) is 1. The number of hydrogen-bond acceptors (Lipinski definition) is 5. The number of phenols is 1. The van der Waals surface area contributed by atoms with Crippen LogP contribution in [-0.4, -0.2) is 27.3 Å². The Morgan fingerprint density at radius 2 is 1.84 bits per heavy atom. The summed E-state index contributed by atoms with van der Waals surface area (Å²) in [6.45, 7) is 5.87. The number of rotatable bonds is 7. The average Bonchev–Trinajstić information content (AvgIpc) is 2.57. The first kappa shape index (κ1) is 18.7. The molecule has 6 heteroatoms. The Bertz CT molecular complexity index is 698. The molecule has 2 aromatic carbocycles. The molecule has 1 atom stereocenters. The molecular weight excluding hydrogens is 320 g/mol. The molecule has 0 saturated carbocycles. The van der Waals surface area contributed by atoms with Crippen molar-refractivity contribution in [2.24, 2.45) is 5.29 Å². The summed E-state index contributed by atoms with van der Waals surface area (Å²) in [6.07, 6.45) is -0.983. The zero-order chi connectivity index (χ0) is 18.4. The number of ether oxygens (including phenoxy) is 1. The van der Waals surface area contributed by atoms with Crippen molar-refractivity contribution in [3.8, 4) is 11.5 Å². The molecule has 0 saturated heterocycles. The molecule has 25 heavy (non-hydrogen) atoms. The molecule has 0 fully saturated rings. The van der Waals surface area contributed by atoms with Crippen LogP contribution in [0.25, 0.3) is 0 Å². The van der Waals surface area contributed by atoms with Crippen molar-refractivity contribution in [2.75, 3.05) is 6.54 Å². The summed E-state index contributed by atoms with van der Waals surface area (Å²) < 4.78 is 5.69. The van der Waals surface area contributed by atoms with Crippen LogP contribution in [0.3, 0.4) is 0 Å². The molecule has 0 aromatic heterocycles. The lowest BCUT2D eigenvalue weighted by Gasteiger charge is -2.31. The third-order valence-electron chi connectivity index (χ3n) is 3.77. The average molecular weight is 344 g/mol. The van der Waals surface area contributed by atoms with E-state index in [2.05, 4.69) is 5.29 Å². The highest BCUT2D eigenvalue weighted by atomic mass is 16.5. The number of nitroso groups, excluding NO2 is 1. The summed E-state index contributed by atoms with van der Waals surface area (Å²) in [5.74, 6) is 0.431. The van der Waals surface area contributed by atoms with E-state index in [1.165, 1.54) is 17.1 Å². The molecule has 1 unspecified atom stereocenters. The minimum atomic E-state index is -0.983. The zero-order valence-corrected chi connectivity index (χ0v) is 14.7. The quantitative estimate of drug-likeness (QED) is 0.590. The second kappa shape index (κ2) is 7.98. The molecule has 0 aliphatic heterocycles. The SMILES string of the molecule is CC(C)(C)N(CC(O)c1cc(O)cc(OCc2ccccc2)c1)N=O. The predicted molar refractivity (Wildman–Crippen MR) is 96.1 cm³/mol. The van der Waals surface area contributed by atoms with Crippen molar-refractivity contribution in [1.82, 2.24) is 5.01 Å². The van der Waals surface area contributed by atoms with E-state index >= 15 is 0 Å². The Hall–Kier alpha value is -2.60. The molecule has 0 bridgehead atoms. The van der Waals surface area contributed by atoms with Gasteiger partial charge in [0.15, 0.2) is 0 Å². The van der Waals surface area contributed by atoms with Crippen molar-refractivity contribution < 1.29 is 14.9 Å². The van der Waals surface area contributed by atoms with Crippen LogP contribution in [-0.2, 0) is 6.61 Å². The molecule has 2 N–H and O–H groups in total. The van der Waals surface area contributed by atoms with Crippen LogP contribution in [0.15, 0.2) is 53.8 Å². The minimum Gasteiger partial charge on any atom is -0.508 e. The topological polar surface area (TPSA) is 82.4 Å². The van der Waals surface area contributed by atoms with Gasteiger partial charge in [-0.3, -0.25) is 5.01 Å². The number of aliphatic hydroxyl groups is 1. The molecule has 2 rings (SSSR count). The van der Waals surface area contributed by atoms with Crippen LogP contribution in [0, 0.1) is 4.91 Å². The normalized spacial score (nSPS) is 12.5. The lowest BCUT2D eigenvalue weighted by atomic mass is 10.0. The Morgan fingerprint density at radius 3 is 2.44 bits per heavy atom. The van der Waals surface area contributed by atoms with Gasteiger partial charge < -0.3 is 14.9 Å². The van der Waals surface area contributed by atoms with E-state index in [-0.39, 0.29) is 12.3 Å². The van der Waals surface area contributed by atoms with E-state index in [0.29, 0.717) is 17.9 Å². The molecule has 0 radical (unpaired) electrons. The summed E-state index contributed by atoms with van der Waals surface area (Å²) in [6, 6.07) is 14.2. The first-order chi connectivity index (χ1) is 11.8. The Labute approximate surface area is 147 Å². The van der Waals surface area contributed by atoms with Gasteiger partial charge in [-0.2, -0.15) is 0 Å². The van der Waals surface area contributed by atoms with Crippen molar-refractivity contribution in [2.45, 2.75) is 39.0 Å². The van der Waals surface area contributed by atoms with Crippen molar-refractivity contribution in [3.63, 3.8) is 0 Å². The van der Waals surface area contributed by atoms with Gasteiger partial charge in [0.2, 0.25) is 0 Å². The highest BCUT2D eigenvalue weighted by Crippen LogP contribution is 2.28. The smallest absolute Gasteiger partial charge is 0.123 e. The maximum absolute atomic E-state index is 11.0. The van der Waals surface area contributed by atoms with Crippen LogP contribution in [0.4, 0.5) is 0 Å². The van der Waals surface area contributed by atoms with Crippen LogP contribution in [0.2, 0.25) is 0 Å². The molecule has 0 spiro atoms. The predicted octanol–water partition coefficient (Wildman–Crippen LogP) is 3.79. The van der Waals surface area contributed by atoms with E-state index in [9.17, 15) is 15.1 Å². The number of phenolic OH excluding ortho intramolecular Hbond substituents is 1. The van der Waals surface area contributed by atoms with Gasteiger partial charge in [0.1, 0.15) is 18.1 Å². The van der Waals surface area contributed by atoms with Gasteiger partial charge in [-0.15, -0.1) is 4.91 Å². The third kappa shape index (κ3) is 5.46. The van der Waals surface area contributed by atoms with Crippen LogP contribution in [0.5, 0.6) is 11.5 Å². The molecule has 2 aromatic rings. The molecular formula is C19H24N2O4. The standard InChI is InChI=1S/C19H24N2O4/c1-19(2,3)21(20-24)12-18(23)15-9-16(22)11-17(10-15)25-13-14-7-5-4-6-8-14/h4-11,18,22-23H,12-13H2,1-3H3. The van der Waals surface area contributed by atoms with Gasteiger partial charge in [-0.1, -0.05) is 30.3 Å². The van der Waals surface area contributed by atoms with Crippen molar-refractivity contribution in [3.05, 3.63) is 64.6 Å². The molecule has 6 nitrogen and oxygen atoms in total. The first-order valence-electron chi connectivity index (χ1n) is 8.09. The summed E-state index contributed by atoms with van der Waals surface area (Å²) in [7, 11) is 0. The summed E-state index contributed by atoms with van der Waals surface area (Å²) >= 11 is 0. The number of nitrogens with zero attached hydrogens (tertiary/aromatic N) is 2. The van der Waals surface area contributed by atoms with Gasteiger partial charge in [0, 0.05) is 6.07 Å². The third-order valence-corrected chi connectivity index (χ3v) is 3.77. The minimum absolute atomic E-state index is 0.0130. The number of hydrogen-bond donors (Lipinski definition) is 2. The zero-order valence-electron chi connectivity index (χ0n) is 14.7. The van der Waals surface area contributed by atoms with Crippen LogP contribution < -0.4 is 4.74 Å². The van der Waals surface area contributed by atoms with Gasteiger partial charge in [0.05, 0.1) is 23.5 Å². The molecule has 0 aliphatic rings. The van der Waals surface area contributed by atoms with Crippen LogP contribution >= 0.6 is 0 Å². The fourth-order valence-corrected chi connectivity index (χ4v) is 2.32. The second-order valence-corrected chi connectivity index (χ2v) is 6.88. The van der Waals surface area contributed by atoms with Gasteiger partial charge >= 0.3 is 0 Å². The fourth-order valence-electron chi connectivity index (χ4n) is 2.32. The maximum Gasteiger partial charge on any atom is 0.123 e. The van der Waals surface area contributed by atoms with E-state index in [1.54, 1.807) is 6.07 Å². The molecule has 0 heterocycles. The van der Waals surface area contributed by atoms with Crippen LogP contribution in [0.1, 0.15) is 38.0 Å². The highest BCUT2D eigenvalue weighted by Gasteiger charge is 2.24. The fraction of sp³-hybridized carbons (Fsp3) is 0.368. The van der Waals surface area contributed by atoms with E-state index < -0.39 is 11.6 Å². The van der Waals surface area contributed by atoms with Gasteiger partial charge in [-0.05, 0) is 44.0 Å². The van der Waals surface area contributed by atoms with Crippen molar-refractivity contribution >= 4 is 0 Å². The maximum atomic E-state index is 11.0. The molecule has 0 amide bonds. The van der Waals surface area contributed by atoms with Crippen molar-refractivity contribution in [1.29, 1.82) is 0 Å². The lowest BCUT2D eigenvalue weighted by Crippen LogP contribution is -2.39. The first-order valence-corrected chi connectivity index (χ1v) is 8.09. The lowest BCUT2D eigenvalue weighted by molar-refractivity contribution is 0.0589. The molecule has 0 aliphatic carbocycles. The second-order valence-electron chi connectivity index (χ2n) is 6.88. The Morgan fingerprint density at radius 1 is 1.16 bits per heavy atom. The Kier molecular flexibility index (Phi) is 5.98. The molecule has 134 valence electrons. The van der Waals surface area contributed by atoms with E-state index in [0.717, 1.165) is 5.56 Å². The van der Waals surface area contributed by atoms with Gasteiger partial charge in [0.25, 0.3) is 0 Å². The number of benzene rings is 2.